The second-order valence-corrected chi connectivity index (χ2v) is 7.01. The van der Waals surface area contributed by atoms with Gasteiger partial charge in [0.2, 0.25) is 0 Å². The minimum Gasteiger partial charge on any atom is -0.329 e. The van der Waals surface area contributed by atoms with Crippen molar-refractivity contribution in [2.45, 2.75) is 31.0 Å². The Hall–Kier alpha value is -1.06. The molecule has 0 amide bonds. The highest BCUT2D eigenvalue weighted by molar-refractivity contribution is 6.34. The van der Waals surface area contributed by atoms with Crippen LogP contribution in [0.2, 0.25) is 10.0 Å². The van der Waals surface area contributed by atoms with E-state index in [0.29, 0.717) is 6.54 Å². The molecule has 2 nitrogen and oxygen atoms in total. The van der Waals surface area contributed by atoms with Gasteiger partial charge in [0.05, 0.1) is 6.04 Å². The van der Waals surface area contributed by atoms with Crippen LogP contribution in [0, 0.1) is 0 Å². The fourth-order valence-corrected chi connectivity index (χ4v) is 4.40. The zero-order valence-corrected chi connectivity index (χ0v) is 13.7. The van der Waals surface area contributed by atoms with Gasteiger partial charge in [0.25, 0.3) is 0 Å². The first-order valence-electron chi connectivity index (χ1n) is 7.66. The fourth-order valence-electron chi connectivity index (χ4n) is 3.87. The standard InChI is InChI=1S/C18H18Cl2N2/c19-14-6-7-15(20)17-13(14)11-22(16(17)10-21)18(8-9-18)12-4-2-1-3-5-12/h1-7,16H,8-11,21H2. The molecule has 2 aliphatic rings. The SMILES string of the molecule is NCC1c2c(Cl)ccc(Cl)c2CN1C1(c2ccccc2)CC1. The van der Waals surface area contributed by atoms with Crippen molar-refractivity contribution in [1.29, 1.82) is 0 Å². The molecule has 1 heterocycles. The summed E-state index contributed by atoms with van der Waals surface area (Å²) in [5, 5.41) is 1.57. The van der Waals surface area contributed by atoms with Gasteiger partial charge in [0.1, 0.15) is 0 Å². The molecule has 1 fully saturated rings. The molecule has 2 aromatic rings. The quantitative estimate of drug-likeness (QED) is 0.896. The molecule has 2 N–H and O–H groups in total. The van der Waals surface area contributed by atoms with Crippen molar-refractivity contribution in [1.82, 2.24) is 4.90 Å². The Balaban J connectivity index is 1.79. The highest BCUT2D eigenvalue weighted by Gasteiger charge is 2.54. The van der Waals surface area contributed by atoms with Crippen LogP contribution in [0.4, 0.5) is 0 Å². The molecule has 4 rings (SSSR count). The Bertz CT molecular complexity index is 711. The van der Waals surface area contributed by atoms with E-state index in [1.54, 1.807) is 0 Å². The molecule has 1 aliphatic heterocycles. The van der Waals surface area contributed by atoms with Crippen LogP contribution in [0.5, 0.6) is 0 Å². The summed E-state index contributed by atoms with van der Waals surface area (Å²) in [6.45, 7) is 1.38. The summed E-state index contributed by atoms with van der Waals surface area (Å²) in [6.07, 6.45) is 2.33. The van der Waals surface area contributed by atoms with E-state index in [9.17, 15) is 0 Å². The third-order valence-electron chi connectivity index (χ3n) is 5.09. The number of rotatable bonds is 3. The number of hydrogen-bond donors (Lipinski definition) is 1. The van der Waals surface area contributed by atoms with Crippen molar-refractivity contribution in [3.63, 3.8) is 0 Å². The summed E-state index contributed by atoms with van der Waals surface area (Å²) in [7, 11) is 0. The Morgan fingerprint density at radius 1 is 1.05 bits per heavy atom. The van der Waals surface area contributed by atoms with Crippen LogP contribution < -0.4 is 5.73 Å². The predicted octanol–water partition coefficient (Wildman–Crippen LogP) is 4.50. The first-order chi connectivity index (χ1) is 10.7. The zero-order chi connectivity index (χ0) is 15.3. The van der Waals surface area contributed by atoms with Crippen LogP contribution in [-0.4, -0.2) is 11.4 Å². The molecule has 1 saturated carbocycles. The highest BCUT2D eigenvalue weighted by atomic mass is 35.5. The lowest BCUT2D eigenvalue weighted by molar-refractivity contribution is 0.129. The minimum atomic E-state index is 0.0942. The second-order valence-electron chi connectivity index (χ2n) is 6.20. The minimum absolute atomic E-state index is 0.0942. The Kier molecular flexibility index (Phi) is 3.46. The van der Waals surface area contributed by atoms with E-state index in [0.717, 1.165) is 40.6 Å². The predicted molar refractivity (Wildman–Crippen MR) is 91.2 cm³/mol. The summed E-state index contributed by atoms with van der Waals surface area (Å²) in [6, 6.07) is 14.6. The first-order valence-corrected chi connectivity index (χ1v) is 8.42. The van der Waals surface area contributed by atoms with E-state index >= 15 is 0 Å². The number of fused-ring (bicyclic) bond motifs is 1. The van der Waals surface area contributed by atoms with Crippen LogP contribution in [0.25, 0.3) is 0 Å². The maximum atomic E-state index is 6.46. The first kappa shape index (κ1) is 14.5. The lowest BCUT2D eigenvalue weighted by atomic mass is 10.0. The van der Waals surface area contributed by atoms with Crippen molar-refractivity contribution in [3.8, 4) is 0 Å². The third-order valence-corrected chi connectivity index (χ3v) is 5.78. The van der Waals surface area contributed by atoms with Gasteiger partial charge in [-0.05, 0) is 41.7 Å². The van der Waals surface area contributed by atoms with E-state index in [2.05, 4.69) is 35.2 Å². The maximum Gasteiger partial charge on any atom is 0.0501 e. The molecule has 2 aromatic carbocycles. The van der Waals surface area contributed by atoms with Crippen LogP contribution >= 0.6 is 23.2 Å². The maximum absolute atomic E-state index is 6.46. The summed E-state index contributed by atoms with van der Waals surface area (Å²) in [4.78, 5) is 2.50. The monoisotopic (exact) mass is 332 g/mol. The molecule has 0 bridgehead atoms. The average molecular weight is 333 g/mol. The molecule has 1 aliphatic carbocycles. The molecule has 4 heteroatoms. The van der Waals surface area contributed by atoms with Crippen molar-refractivity contribution < 1.29 is 0 Å². The summed E-state index contributed by atoms with van der Waals surface area (Å²) >= 11 is 12.9. The number of hydrogen-bond acceptors (Lipinski definition) is 2. The lowest BCUT2D eigenvalue weighted by Gasteiger charge is -2.33. The van der Waals surface area contributed by atoms with E-state index in [1.807, 2.05) is 12.1 Å². The van der Waals surface area contributed by atoms with E-state index < -0.39 is 0 Å². The van der Waals surface area contributed by atoms with Gasteiger partial charge < -0.3 is 5.73 Å². The van der Waals surface area contributed by atoms with Gasteiger partial charge in [-0.1, -0.05) is 53.5 Å². The van der Waals surface area contributed by atoms with Crippen LogP contribution in [0.1, 0.15) is 35.6 Å². The summed E-state index contributed by atoms with van der Waals surface area (Å²) in [5.74, 6) is 0. The third kappa shape index (κ3) is 2.02. The van der Waals surface area contributed by atoms with Crippen molar-refractivity contribution in [2.75, 3.05) is 6.54 Å². The lowest BCUT2D eigenvalue weighted by Crippen LogP contribution is -2.37. The zero-order valence-electron chi connectivity index (χ0n) is 12.2. The average Bonchev–Trinajstić information content (AvgIpc) is 3.26. The van der Waals surface area contributed by atoms with Gasteiger partial charge in [0, 0.05) is 28.7 Å². The normalized spacial score (nSPS) is 22.6. The van der Waals surface area contributed by atoms with Gasteiger partial charge >= 0.3 is 0 Å². The fraction of sp³-hybridized carbons (Fsp3) is 0.333. The Morgan fingerprint density at radius 3 is 2.36 bits per heavy atom. The van der Waals surface area contributed by atoms with Gasteiger partial charge in [-0.3, -0.25) is 4.90 Å². The molecular weight excluding hydrogens is 315 g/mol. The van der Waals surface area contributed by atoms with E-state index in [-0.39, 0.29) is 11.6 Å². The topological polar surface area (TPSA) is 29.3 Å². The largest absolute Gasteiger partial charge is 0.329 e. The summed E-state index contributed by atoms with van der Waals surface area (Å²) in [5.41, 5.74) is 9.85. The van der Waals surface area contributed by atoms with Gasteiger partial charge in [-0.15, -0.1) is 0 Å². The van der Waals surface area contributed by atoms with Crippen LogP contribution in [0.15, 0.2) is 42.5 Å². The van der Waals surface area contributed by atoms with Gasteiger partial charge in [-0.25, -0.2) is 0 Å². The molecule has 1 unspecified atom stereocenters. The van der Waals surface area contributed by atoms with Gasteiger partial charge in [-0.2, -0.15) is 0 Å². The van der Waals surface area contributed by atoms with Gasteiger partial charge in [0.15, 0.2) is 0 Å². The molecule has 22 heavy (non-hydrogen) atoms. The Morgan fingerprint density at radius 2 is 1.73 bits per heavy atom. The van der Waals surface area contributed by atoms with E-state index in [1.165, 1.54) is 5.56 Å². The number of nitrogens with two attached hydrogens (primary N) is 1. The molecule has 0 spiro atoms. The van der Waals surface area contributed by atoms with Crippen molar-refractivity contribution >= 4 is 23.2 Å². The molecule has 0 radical (unpaired) electrons. The van der Waals surface area contributed by atoms with Crippen molar-refractivity contribution in [3.05, 3.63) is 69.2 Å². The van der Waals surface area contributed by atoms with Crippen LogP contribution in [-0.2, 0) is 12.1 Å². The Labute approximate surface area is 140 Å². The molecule has 0 aromatic heterocycles. The van der Waals surface area contributed by atoms with Crippen molar-refractivity contribution in [2.24, 2.45) is 5.73 Å². The van der Waals surface area contributed by atoms with Crippen LogP contribution in [0.3, 0.4) is 0 Å². The summed E-state index contributed by atoms with van der Waals surface area (Å²) < 4.78 is 0. The number of benzene rings is 2. The number of halogens is 2. The molecular formula is C18H18Cl2N2. The smallest absolute Gasteiger partial charge is 0.0501 e. The molecule has 114 valence electrons. The van der Waals surface area contributed by atoms with E-state index in [4.69, 9.17) is 28.9 Å². The molecule has 0 saturated heterocycles. The second kappa shape index (κ2) is 5.24. The molecule has 1 atom stereocenters. The number of nitrogens with zero attached hydrogens (tertiary/aromatic N) is 1. The highest BCUT2D eigenvalue weighted by Crippen LogP contribution is 2.57.